The lowest BCUT2D eigenvalue weighted by atomic mass is 9.76. The normalized spacial score (nSPS) is 28.0. The number of para-hydroxylation sites is 1. The summed E-state index contributed by atoms with van der Waals surface area (Å²) in [5.41, 5.74) is 4.48. The molecule has 102 valence electrons. The van der Waals surface area contributed by atoms with Crippen molar-refractivity contribution in [1.82, 2.24) is 5.01 Å². The monoisotopic (exact) mass is 257 g/mol. The second-order valence-corrected chi connectivity index (χ2v) is 6.04. The predicted molar refractivity (Wildman–Crippen MR) is 80.7 cm³/mol. The Balaban J connectivity index is 1.96. The summed E-state index contributed by atoms with van der Waals surface area (Å²) in [7, 11) is 4.06. The molecule has 1 spiro atoms. The van der Waals surface area contributed by atoms with Crippen molar-refractivity contribution in [1.29, 1.82) is 0 Å². The van der Waals surface area contributed by atoms with E-state index in [4.69, 9.17) is 5.10 Å². The average Bonchev–Trinajstić information content (AvgIpc) is 2.64. The highest BCUT2D eigenvalue weighted by Crippen LogP contribution is 2.44. The van der Waals surface area contributed by atoms with E-state index in [1.807, 2.05) is 19.1 Å². The number of nitrogens with one attached hydrogen (secondary N) is 1. The maximum atomic E-state index is 4.79. The highest BCUT2D eigenvalue weighted by atomic mass is 15.4. The Bertz CT molecular complexity index is 493. The zero-order valence-electron chi connectivity index (χ0n) is 11.9. The summed E-state index contributed by atoms with van der Waals surface area (Å²) in [4.78, 5) is 0. The Labute approximate surface area is 115 Å². The van der Waals surface area contributed by atoms with E-state index < -0.39 is 0 Å². The van der Waals surface area contributed by atoms with Crippen LogP contribution in [0.3, 0.4) is 0 Å². The molecule has 1 aromatic carbocycles. The summed E-state index contributed by atoms with van der Waals surface area (Å²) in [5.74, 6) is 0. The van der Waals surface area contributed by atoms with Crippen LogP contribution in [0.25, 0.3) is 0 Å². The standard InChI is InChI=1S/C16H23N3/c1-19(2)18-15-8-5-9-16(15)10-11-17-14-7-4-3-6-13(14)12-16/h3-4,6-7,17H,5,8-12H2,1-2H3. The maximum Gasteiger partial charge on any atom is 0.0446 e. The molecule has 1 heterocycles. The van der Waals surface area contributed by atoms with Crippen LogP contribution in [0, 0.1) is 5.41 Å². The molecule has 1 aliphatic heterocycles. The van der Waals surface area contributed by atoms with E-state index in [0.29, 0.717) is 5.41 Å². The highest BCUT2D eigenvalue weighted by molar-refractivity contribution is 5.92. The van der Waals surface area contributed by atoms with E-state index in [1.54, 1.807) is 0 Å². The third-order valence-electron chi connectivity index (χ3n) is 4.47. The Morgan fingerprint density at radius 2 is 2.05 bits per heavy atom. The zero-order valence-corrected chi connectivity index (χ0v) is 11.9. The van der Waals surface area contributed by atoms with Crippen molar-refractivity contribution in [3.05, 3.63) is 29.8 Å². The number of anilines is 1. The summed E-state index contributed by atoms with van der Waals surface area (Å²) in [6.45, 7) is 1.06. The van der Waals surface area contributed by atoms with Gasteiger partial charge in [-0.2, -0.15) is 5.10 Å². The molecule has 0 radical (unpaired) electrons. The molecule has 1 unspecified atom stereocenters. The molecule has 1 N–H and O–H groups in total. The molecule has 1 atom stereocenters. The van der Waals surface area contributed by atoms with Crippen LogP contribution in [0.5, 0.6) is 0 Å². The molecule has 1 aromatic rings. The van der Waals surface area contributed by atoms with E-state index in [0.717, 1.165) is 13.0 Å². The quantitative estimate of drug-likeness (QED) is 0.783. The second kappa shape index (κ2) is 4.87. The van der Waals surface area contributed by atoms with E-state index in [2.05, 4.69) is 29.6 Å². The van der Waals surface area contributed by atoms with E-state index in [1.165, 1.54) is 42.6 Å². The molecule has 0 saturated heterocycles. The maximum absolute atomic E-state index is 4.79. The van der Waals surface area contributed by atoms with Crippen LogP contribution in [0.15, 0.2) is 29.4 Å². The SMILES string of the molecule is CN(C)N=C1CCCC12CCNc1ccccc1C2. The van der Waals surface area contributed by atoms with Crippen molar-refractivity contribution in [2.75, 3.05) is 26.0 Å². The third-order valence-corrected chi connectivity index (χ3v) is 4.47. The van der Waals surface area contributed by atoms with Gasteiger partial charge < -0.3 is 10.3 Å². The van der Waals surface area contributed by atoms with Crippen LogP contribution in [0.1, 0.15) is 31.2 Å². The topological polar surface area (TPSA) is 27.6 Å². The largest absolute Gasteiger partial charge is 0.385 e. The molecule has 0 amide bonds. The molecule has 3 nitrogen and oxygen atoms in total. The minimum absolute atomic E-state index is 0.296. The van der Waals surface area contributed by atoms with Gasteiger partial charge in [-0.1, -0.05) is 18.2 Å². The van der Waals surface area contributed by atoms with E-state index in [9.17, 15) is 0 Å². The van der Waals surface area contributed by atoms with Crippen LogP contribution in [0.2, 0.25) is 0 Å². The van der Waals surface area contributed by atoms with Gasteiger partial charge in [0, 0.05) is 37.5 Å². The number of benzene rings is 1. The second-order valence-electron chi connectivity index (χ2n) is 6.04. The van der Waals surface area contributed by atoms with Gasteiger partial charge in [0.2, 0.25) is 0 Å². The van der Waals surface area contributed by atoms with Crippen LogP contribution in [-0.4, -0.2) is 31.4 Å². The first kappa shape index (κ1) is 12.5. The fourth-order valence-corrected chi connectivity index (χ4v) is 3.60. The van der Waals surface area contributed by atoms with Crippen LogP contribution >= 0.6 is 0 Å². The fourth-order valence-electron chi connectivity index (χ4n) is 3.60. The molecule has 2 aliphatic rings. The van der Waals surface area contributed by atoms with Crippen molar-refractivity contribution >= 4 is 11.4 Å². The number of hydrazone groups is 1. The number of nitrogens with zero attached hydrogens (tertiary/aromatic N) is 2. The Hall–Kier alpha value is -1.51. The number of hydrogen-bond acceptors (Lipinski definition) is 3. The van der Waals surface area contributed by atoms with Gasteiger partial charge in [0.05, 0.1) is 0 Å². The van der Waals surface area contributed by atoms with Crippen molar-refractivity contribution < 1.29 is 0 Å². The molecule has 3 heteroatoms. The van der Waals surface area contributed by atoms with Gasteiger partial charge in [0.1, 0.15) is 0 Å². The summed E-state index contributed by atoms with van der Waals surface area (Å²) < 4.78 is 0. The molecule has 1 fully saturated rings. The molecule has 0 aromatic heterocycles. The number of rotatable bonds is 1. The average molecular weight is 257 g/mol. The summed E-state index contributed by atoms with van der Waals surface area (Å²) in [6.07, 6.45) is 6.09. The van der Waals surface area contributed by atoms with Gasteiger partial charge in [-0.3, -0.25) is 0 Å². The summed E-state index contributed by atoms with van der Waals surface area (Å²) in [5, 5.41) is 10.3. The molecular formula is C16H23N3. The first-order chi connectivity index (χ1) is 9.20. The van der Waals surface area contributed by atoms with Crippen molar-refractivity contribution in [2.45, 2.75) is 32.1 Å². The Morgan fingerprint density at radius 1 is 1.21 bits per heavy atom. The van der Waals surface area contributed by atoms with Crippen LogP contribution in [-0.2, 0) is 6.42 Å². The zero-order chi connectivity index (χ0) is 13.3. The van der Waals surface area contributed by atoms with Crippen LogP contribution < -0.4 is 5.32 Å². The molecule has 19 heavy (non-hydrogen) atoms. The summed E-state index contributed by atoms with van der Waals surface area (Å²) >= 11 is 0. The van der Waals surface area contributed by atoms with Gasteiger partial charge in [-0.25, -0.2) is 0 Å². The van der Waals surface area contributed by atoms with Crippen LogP contribution in [0.4, 0.5) is 5.69 Å². The molecular weight excluding hydrogens is 234 g/mol. The van der Waals surface area contributed by atoms with Gasteiger partial charge in [0.25, 0.3) is 0 Å². The lowest BCUT2D eigenvalue weighted by Gasteiger charge is -2.29. The summed E-state index contributed by atoms with van der Waals surface area (Å²) in [6, 6.07) is 8.73. The minimum atomic E-state index is 0.296. The molecule has 1 saturated carbocycles. The molecule has 3 rings (SSSR count). The number of fused-ring (bicyclic) bond motifs is 1. The lowest BCUT2D eigenvalue weighted by Crippen LogP contribution is -2.30. The van der Waals surface area contributed by atoms with Gasteiger partial charge in [0.15, 0.2) is 0 Å². The van der Waals surface area contributed by atoms with Crippen molar-refractivity contribution in [3.63, 3.8) is 0 Å². The van der Waals surface area contributed by atoms with Gasteiger partial charge in [-0.05, 0) is 43.7 Å². The van der Waals surface area contributed by atoms with E-state index in [-0.39, 0.29) is 0 Å². The van der Waals surface area contributed by atoms with Gasteiger partial charge >= 0.3 is 0 Å². The first-order valence-electron chi connectivity index (χ1n) is 7.27. The first-order valence-corrected chi connectivity index (χ1v) is 7.27. The van der Waals surface area contributed by atoms with Gasteiger partial charge in [-0.15, -0.1) is 0 Å². The van der Waals surface area contributed by atoms with Crippen molar-refractivity contribution in [3.8, 4) is 0 Å². The third kappa shape index (κ3) is 2.34. The molecule has 1 aliphatic carbocycles. The molecule has 0 bridgehead atoms. The lowest BCUT2D eigenvalue weighted by molar-refractivity contribution is 0.373. The minimum Gasteiger partial charge on any atom is -0.385 e. The van der Waals surface area contributed by atoms with E-state index >= 15 is 0 Å². The highest BCUT2D eigenvalue weighted by Gasteiger charge is 2.41. The number of hydrogen-bond donors (Lipinski definition) is 1. The predicted octanol–water partition coefficient (Wildman–Crippen LogP) is 3.13. The fraction of sp³-hybridized carbons (Fsp3) is 0.562. The smallest absolute Gasteiger partial charge is 0.0446 e. The Kier molecular flexibility index (Phi) is 3.21. The van der Waals surface area contributed by atoms with Crippen molar-refractivity contribution in [2.24, 2.45) is 10.5 Å². The Morgan fingerprint density at radius 3 is 2.89 bits per heavy atom.